The Bertz CT molecular complexity index is 394. The van der Waals surface area contributed by atoms with Gasteiger partial charge in [-0.05, 0) is 34.6 Å². The van der Waals surface area contributed by atoms with Crippen LogP contribution in [0, 0.1) is 5.82 Å². The van der Waals surface area contributed by atoms with Crippen molar-refractivity contribution in [3.8, 4) is 0 Å². The van der Waals surface area contributed by atoms with Gasteiger partial charge < -0.3 is 0 Å². The molecule has 0 unspecified atom stereocenters. The molecule has 0 aliphatic heterocycles. The summed E-state index contributed by atoms with van der Waals surface area (Å²) in [5, 5.41) is 0. The summed E-state index contributed by atoms with van der Waals surface area (Å²) in [5.41, 5.74) is 3.28. The first-order valence-corrected chi connectivity index (χ1v) is 4.98. The second kappa shape index (κ2) is 2.94. The fraction of sp³-hybridized carbons (Fsp3) is 0.385. The molecule has 0 amide bonds. The molecule has 74 valence electrons. The zero-order chi connectivity index (χ0) is 10.3. The lowest BCUT2D eigenvalue weighted by Crippen LogP contribution is -2.14. The molecule has 0 radical (unpaired) electrons. The molecule has 1 aliphatic carbocycles. The number of hydrogen-bond donors (Lipinski definition) is 0. The third-order valence-electron chi connectivity index (χ3n) is 2.71. The molecule has 0 atom stereocenters. The minimum atomic E-state index is -0.0713. The van der Waals surface area contributed by atoms with Gasteiger partial charge in [0.05, 0.1) is 0 Å². The normalized spacial score (nSPS) is 14.6. The average molecular weight is 190 g/mol. The SMILES string of the molecule is CC(C)(C)c1ccc(F)c2c1C=CC2. The summed E-state index contributed by atoms with van der Waals surface area (Å²) in [7, 11) is 0. The Kier molecular flexibility index (Phi) is 1.99. The lowest BCUT2D eigenvalue weighted by Gasteiger charge is -2.22. The van der Waals surface area contributed by atoms with E-state index in [1.807, 2.05) is 18.2 Å². The Morgan fingerprint density at radius 2 is 1.93 bits per heavy atom. The van der Waals surface area contributed by atoms with Crippen LogP contribution in [0.25, 0.3) is 6.08 Å². The van der Waals surface area contributed by atoms with Crippen molar-refractivity contribution in [1.29, 1.82) is 0 Å². The molecular formula is C13H15F. The number of rotatable bonds is 0. The van der Waals surface area contributed by atoms with Gasteiger partial charge in [-0.2, -0.15) is 0 Å². The van der Waals surface area contributed by atoms with Gasteiger partial charge in [0.1, 0.15) is 5.82 Å². The van der Waals surface area contributed by atoms with Gasteiger partial charge in [-0.3, -0.25) is 0 Å². The summed E-state index contributed by atoms with van der Waals surface area (Å²) >= 11 is 0. The zero-order valence-corrected chi connectivity index (χ0v) is 8.89. The van der Waals surface area contributed by atoms with E-state index >= 15 is 0 Å². The summed E-state index contributed by atoms with van der Waals surface area (Å²) in [6, 6.07) is 3.50. The number of hydrogen-bond acceptors (Lipinski definition) is 0. The van der Waals surface area contributed by atoms with Gasteiger partial charge in [0, 0.05) is 0 Å². The van der Waals surface area contributed by atoms with E-state index in [9.17, 15) is 4.39 Å². The Balaban J connectivity index is 2.65. The number of halogens is 1. The molecule has 0 saturated heterocycles. The second-order valence-corrected chi connectivity index (χ2v) is 4.84. The van der Waals surface area contributed by atoms with Crippen LogP contribution in [0.3, 0.4) is 0 Å². The summed E-state index contributed by atoms with van der Waals surface area (Å²) < 4.78 is 13.4. The number of benzene rings is 1. The third kappa shape index (κ3) is 1.37. The van der Waals surface area contributed by atoms with Gasteiger partial charge in [0.2, 0.25) is 0 Å². The van der Waals surface area contributed by atoms with Crippen molar-refractivity contribution < 1.29 is 4.39 Å². The molecule has 0 N–H and O–H groups in total. The molecule has 1 aromatic rings. The second-order valence-electron chi connectivity index (χ2n) is 4.84. The van der Waals surface area contributed by atoms with Crippen LogP contribution >= 0.6 is 0 Å². The summed E-state index contributed by atoms with van der Waals surface area (Å²) in [6.45, 7) is 6.48. The molecule has 14 heavy (non-hydrogen) atoms. The highest BCUT2D eigenvalue weighted by atomic mass is 19.1. The highest BCUT2D eigenvalue weighted by molar-refractivity contribution is 5.65. The molecule has 0 fully saturated rings. The van der Waals surface area contributed by atoms with Gasteiger partial charge in [-0.25, -0.2) is 4.39 Å². The van der Waals surface area contributed by atoms with E-state index in [-0.39, 0.29) is 11.2 Å². The minimum Gasteiger partial charge on any atom is -0.207 e. The van der Waals surface area contributed by atoms with E-state index in [0.29, 0.717) is 0 Å². The van der Waals surface area contributed by atoms with Crippen molar-refractivity contribution in [2.24, 2.45) is 0 Å². The maximum atomic E-state index is 13.4. The first-order chi connectivity index (χ1) is 6.50. The van der Waals surface area contributed by atoms with Gasteiger partial charge in [-0.15, -0.1) is 0 Å². The van der Waals surface area contributed by atoms with Gasteiger partial charge in [-0.1, -0.05) is 39.0 Å². The highest BCUT2D eigenvalue weighted by Crippen LogP contribution is 2.33. The Morgan fingerprint density at radius 3 is 2.57 bits per heavy atom. The Morgan fingerprint density at radius 1 is 1.21 bits per heavy atom. The lowest BCUT2D eigenvalue weighted by molar-refractivity contribution is 0.577. The topological polar surface area (TPSA) is 0 Å². The number of allylic oxidation sites excluding steroid dienone is 1. The predicted octanol–water partition coefficient (Wildman–Crippen LogP) is 3.69. The fourth-order valence-electron chi connectivity index (χ4n) is 1.98. The molecule has 0 saturated carbocycles. The smallest absolute Gasteiger partial charge is 0.127 e. The molecule has 1 heteroatoms. The van der Waals surface area contributed by atoms with Crippen molar-refractivity contribution in [3.63, 3.8) is 0 Å². The van der Waals surface area contributed by atoms with Crippen molar-refractivity contribution in [1.82, 2.24) is 0 Å². The molecule has 0 heterocycles. The first-order valence-electron chi connectivity index (χ1n) is 4.98. The van der Waals surface area contributed by atoms with Gasteiger partial charge in [0.15, 0.2) is 0 Å². The third-order valence-corrected chi connectivity index (χ3v) is 2.71. The molecular weight excluding hydrogens is 175 g/mol. The van der Waals surface area contributed by atoms with E-state index in [0.717, 1.165) is 17.5 Å². The van der Waals surface area contributed by atoms with Gasteiger partial charge >= 0.3 is 0 Å². The standard InChI is InChI=1S/C13H15F/c1-13(2,3)11-7-8-12(14)10-6-4-5-9(10)11/h4-5,7-8H,6H2,1-3H3. The molecule has 0 aromatic heterocycles. The number of fused-ring (bicyclic) bond motifs is 1. The molecule has 1 aromatic carbocycles. The average Bonchev–Trinajstić information content (AvgIpc) is 2.50. The summed E-state index contributed by atoms with van der Waals surface area (Å²) in [5.74, 6) is -0.0713. The van der Waals surface area contributed by atoms with E-state index in [1.165, 1.54) is 5.56 Å². The summed E-state index contributed by atoms with van der Waals surface area (Å²) in [4.78, 5) is 0. The minimum absolute atomic E-state index is 0.0713. The lowest BCUT2D eigenvalue weighted by atomic mass is 9.83. The van der Waals surface area contributed by atoms with Crippen molar-refractivity contribution >= 4 is 6.08 Å². The van der Waals surface area contributed by atoms with Crippen LogP contribution in [0.1, 0.15) is 37.5 Å². The van der Waals surface area contributed by atoms with Crippen LogP contribution in [-0.2, 0) is 11.8 Å². The monoisotopic (exact) mass is 190 g/mol. The van der Waals surface area contributed by atoms with Crippen molar-refractivity contribution in [2.45, 2.75) is 32.6 Å². The van der Waals surface area contributed by atoms with E-state index in [4.69, 9.17) is 0 Å². The van der Waals surface area contributed by atoms with Crippen molar-refractivity contribution in [3.05, 3.63) is 40.7 Å². The Labute approximate surface area is 84.5 Å². The molecule has 0 spiro atoms. The zero-order valence-electron chi connectivity index (χ0n) is 8.89. The first kappa shape index (κ1) is 9.45. The summed E-state index contributed by atoms with van der Waals surface area (Å²) in [6.07, 6.45) is 4.81. The van der Waals surface area contributed by atoms with E-state index < -0.39 is 0 Å². The molecule has 0 bridgehead atoms. The maximum absolute atomic E-state index is 13.4. The highest BCUT2D eigenvalue weighted by Gasteiger charge is 2.22. The van der Waals surface area contributed by atoms with Crippen LogP contribution in [0.15, 0.2) is 18.2 Å². The Hall–Kier alpha value is -1.11. The fourth-order valence-corrected chi connectivity index (χ4v) is 1.98. The van der Waals surface area contributed by atoms with Crippen LogP contribution in [0.5, 0.6) is 0 Å². The largest absolute Gasteiger partial charge is 0.207 e. The van der Waals surface area contributed by atoms with Crippen molar-refractivity contribution in [2.75, 3.05) is 0 Å². The maximum Gasteiger partial charge on any atom is 0.127 e. The predicted molar refractivity (Wildman–Crippen MR) is 57.8 cm³/mol. The van der Waals surface area contributed by atoms with Gasteiger partial charge in [0.25, 0.3) is 0 Å². The molecule has 2 rings (SSSR count). The van der Waals surface area contributed by atoms with E-state index in [2.05, 4.69) is 20.8 Å². The molecule has 1 aliphatic rings. The van der Waals surface area contributed by atoms with Crippen LogP contribution in [0.2, 0.25) is 0 Å². The van der Waals surface area contributed by atoms with Crippen LogP contribution in [-0.4, -0.2) is 0 Å². The quantitative estimate of drug-likeness (QED) is 0.585. The van der Waals surface area contributed by atoms with E-state index in [1.54, 1.807) is 6.07 Å². The van der Waals surface area contributed by atoms with Crippen LogP contribution in [0.4, 0.5) is 4.39 Å². The molecule has 0 nitrogen and oxygen atoms in total. The van der Waals surface area contributed by atoms with Crippen LogP contribution < -0.4 is 0 Å².